The molecule has 0 aromatic carbocycles. The van der Waals surface area contributed by atoms with Crippen molar-refractivity contribution in [2.45, 2.75) is 33.6 Å². The first-order chi connectivity index (χ1) is 5.58. The van der Waals surface area contributed by atoms with Crippen LogP contribution in [-0.2, 0) is 4.74 Å². The molecule has 2 heteroatoms. The maximum atomic E-state index is 5.78. The highest BCUT2D eigenvalue weighted by Gasteiger charge is 2.49. The van der Waals surface area contributed by atoms with Crippen molar-refractivity contribution in [1.29, 1.82) is 0 Å². The molecule has 2 N–H and O–H groups in total. The first kappa shape index (κ1) is 10.0. The van der Waals surface area contributed by atoms with Crippen molar-refractivity contribution >= 4 is 0 Å². The zero-order chi connectivity index (χ0) is 9.24. The van der Waals surface area contributed by atoms with E-state index in [0.717, 1.165) is 19.8 Å². The van der Waals surface area contributed by atoms with Crippen molar-refractivity contribution in [1.82, 2.24) is 0 Å². The highest BCUT2D eigenvalue weighted by Crippen LogP contribution is 2.47. The summed E-state index contributed by atoms with van der Waals surface area (Å²) in [4.78, 5) is 0. The van der Waals surface area contributed by atoms with Crippen molar-refractivity contribution < 1.29 is 4.74 Å². The van der Waals surface area contributed by atoms with Crippen LogP contribution in [-0.4, -0.2) is 19.8 Å². The topological polar surface area (TPSA) is 35.2 Å². The van der Waals surface area contributed by atoms with Crippen LogP contribution in [0, 0.1) is 10.8 Å². The van der Waals surface area contributed by atoms with E-state index in [1.54, 1.807) is 0 Å². The molecule has 0 saturated carbocycles. The maximum Gasteiger partial charge on any atom is 0.0550 e. The van der Waals surface area contributed by atoms with Gasteiger partial charge in [-0.05, 0) is 18.4 Å². The van der Waals surface area contributed by atoms with Crippen LogP contribution < -0.4 is 5.73 Å². The highest BCUT2D eigenvalue weighted by molar-refractivity contribution is 4.97. The van der Waals surface area contributed by atoms with Crippen molar-refractivity contribution in [2.75, 3.05) is 19.8 Å². The van der Waals surface area contributed by atoms with E-state index in [2.05, 4.69) is 20.8 Å². The summed E-state index contributed by atoms with van der Waals surface area (Å²) >= 11 is 0. The van der Waals surface area contributed by atoms with E-state index in [-0.39, 0.29) is 5.41 Å². The van der Waals surface area contributed by atoms with Gasteiger partial charge in [0.05, 0.1) is 13.2 Å². The summed E-state index contributed by atoms with van der Waals surface area (Å²) in [5.74, 6) is 0. The van der Waals surface area contributed by atoms with Crippen LogP contribution in [0.15, 0.2) is 0 Å². The fraction of sp³-hybridized carbons (Fsp3) is 1.00. The zero-order valence-corrected chi connectivity index (χ0v) is 8.52. The summed E-state index contributed by atoms with van der Waals surface area (Å²) < 4.78 is 5.32. The Kier molecular flexibility index (Phi) is 2.79. The Bertz CT molecular complexity index is 150. The predicted octanol–water partition coefficient (Wildman–Crippen LogP) is 1.79. The Morgan fingerprint density at radius 3 is 2.25 bits per heavy atom. The van der Waals surface area contributed by atoms with E-state index in [4.69, 9.17) is 10.5 Å². The molecule has 1 fully saturated rings. The minimum Gasteiger partial charge on any atom is -0.380 e. The number of nitrogens with two attached hydrogens (primary N) is 1. The number of hydrogen-bond donors (Lipinski definition) is 1. The molecule has 1 heterocycles. The van der Waals surface area contributed by atoms with Gasteiger partial charge in [0.25, 0.3) is 0 Å². The molecule has 0 aromatic rings. The molecule has 0 atom stereocenters. The lowest BCUT2D eigenvalue weighted by Crippen LogP contribution is -2.55. The molecule has 1 aliphatic heterocycles. The van der Waals surface area contributed by atoms with Gasteiger partial charge in [0.1, 0.15) is 0 Å². The lowest BCUT2D eigenvalue weighted by Gasteiger charge is -2.52. The molecular formula is C10H21NO. The SMILES string of the molecule is CCCC1(C(C)(C)CN)COC1. The summed E-state index contributed by atoms with van der Waals surface area (Å²) in [6.45, 7) is 9.31. The van der Waals surface area contributed by atoms with Gasteiger partial charge in [-0.3, -0.25) is 0 Å². The third-order valence-corrected chi connectivity index (χ3v) is 3.43. The Morgan fingerprint density at radius 2 is 2.00 bits per heavy atom. The maximum absolute atomic E-state index is 5.78. The van der Waals surface area contributed by atoms with E-state index in [1.807, 2.05) is 0 Å². The Balaban J connectivity index is 2.65. The predicted molar refractivity (Wildman–Crippen MR) is 51.0 cm³/mol. The largest absolute Gasteiger partial charge is 0.380 e. The van der Waals surface area contributed by atoms with Crippen LogP contribution in [0.25, 0.3) is 0 Å². The summed E-state index contributed by atoms with van der Waals surface area (Å²) in [5.41, 5.74) is 6.39. The molecule has 1 aliphatic rings. The lowest BCUT2D eigenvalue weighted by atomic mass is 9.62. The second kappa shape index (κ2) is 3.35. The van der Waals surface area contributed by atoms with Gasteiger partial charge in [-0.15, -0.1) is 0 Å². The van der Waals surface area contributed by atoms with E-state index in [0.29, 0.717) is 5.41 Å². The van der Waals surface area contributed by atoms with Gasteiger partial charge >= 0.3 is 0 Å². The summed E-state index contributed by atoms with van der Waals surface area (Å²) in [5, 5.41) is 0. The van der Waals surface area contributed by atoms with Crippen molar-refractivity contribution in [3.8, 4) is 0 Å². The molecule has 0 spiro atoms. The molecule has 0 radical (unpaired) electrons. The monoisotopic (exact) mass is 171 g/mol. The van der Waals surface area contributed by atoms with E-state index < -0.39 is 0 Å². The second-order valence-electron chi connectivity index (χ2n) is 4.61. The van der Waals surface area contributed by atoms with Gasteiger partial charge in [0.15, 0.2) is 0 Å². The van der Waals surface area contributed by atoms with E-state index >= 15 is 0 Å². The Hall–Kier alpha value is -0.0800. The number of hydrogen-bond acceptors (Lipinski definition) is 2. The van der Waals surface area contributed by atoms with Gasteiger partial charge in [0.2, 0.25) is 0 Å². The summed E-state index contributed by atoms with van der Waals surface area (Å²) in [6.07, 6.45) is 2.48. The van der Waals surface area contributed by atoms with Crippen molar-refractivity contribution in [3.05, 3.63) is 0 Å². The first-order valence-electron chi connectivity index (χ1n) is 4.86. The molecule has 0 aromatic heterocycles. The second-order valence-corrected chi connectivity index (χ2v) is 4.61. The van der Waals surface area contributed by atoms with Crippen LogP contribution in [0.2, 0.25) is 0 Å². The molecule has 0 bridgehead atoms. The van der Waals surface area contributed by atoms with Crippen molar-refractivity contribution in [3.63, 3.8) is 0 Å². The average Bonchev–Trinajstić information content (AvgIpc) is 1.96. The normalized spacial score (nSPS) is 22.0. The van der Waals surface area contributed by atoms with Crippen molar-refractivity contribution in [2.24, 2.45) is 16.6 Å². The quantitative estimate of drug-likeness (QED) is 0.700. The van der Waals surface area contributed by atoms with Crippen LogP contribution in [0.3, 0.4) is 0 Å². The van der Waals surface area contributed by atoms with Gasteiger partial charge in [0, 0.05) is 5.41 Å². The molecule has 1 saturated heterocycles. The Morgan fingerprint density at radius 1 is 1.42 bits per heavy atom. The minimum absolute atomic E-state index is 0.237. The van der Waals surface area contributed by atoms with E-state index in [1.165, 1.54) is 12.8 Å². The highest BCUT2D eigenvalue weighted by atomic mass is 16.5. The molecule has 12 heavy (non-hydrogen) atoms. The molecule has 0 aliphatic carbocycles. The third-order valence-electron chi connectivity index (χ3n) is 3.43. The zero-order valence-electron chi connectivity index (χ0n) is 8.52. The van der Waals surface area contributed by atoms with Crippen LogP contribution >= 0.6 is 0 Å². The van der Waals surface area contributed by atoms with E-state index in [9.17, 15) is 0 Å². The molecule has 0 amide bonds. The molecule has 72 valence electrons. The molecule has 2 nitrogen and oxygen atoms in total. The van der Waals surface area contributed by atoms with Gasteiger partial charge in [-0.1, -0.05) is 27.2 Å². The minimum atomic E-state index is 0.237. The number of ether oxygens (including phenoxy) is 1. The first-order valence-corrected chi connectivity index (χ1v) is 4.86. The lowest BCUT2D eigenvalue weighted by molar-refractivity contribution is -0.177. The van der Waals surface area contributed by atoms with Crippen LogP contribution in [0.1, 0.15) is 33.6 Å². The van der Waals surface area contributed by atoms with Gasteiger partial charge in [-0.25, -0.2) is 0 Å². The fourth-order valence-electron chi connectivity index (χ4n) is 1.92. The smallest absolute Gasteiger partial charge is 0.0550 e. The number of rotatable bonds is 4. The summed E-state index contributed by atoms with van der Waals surface area (Å²) in [6, 6.07) is 0. The molecular weight excluding hydrogens is 150 g/mol. The third kappa shape index (κ3) is 1.38. The van der Waals surface area contributed by atoms with Crippen LogP contribution in [0.5, 0.6) is 0 Å². The fourth-order valence-corrected chi connectivity index (χ4v) is 1.92. The summed E-state index contributed by atoms with van der Waals surface area (Å²) in [7, 11) is 0. The Labute approximate surface area is 75.5 Å². The average molecular weight is 171 g/mol. The standard InChI is InChI=1S/C10H21NO/c1-4-5-10(7-12-8-10)9(2,3)6-11/h4-8,11H2,1-3H3. The van der Waals surface area contributed by atoms with Gasteiger partial charge < -0.3 is 10.5 Å². The van der Waals surface area contributed by atoms with Gasteiger partial charge in [-0.2, -0.15) is 0 Å². The molecule has 0 unspecified atom stereocenters. The van der Waals surface area contributed by atoms with Crippen LogP contribution in [0.4, 0.5) is 0 Å². The molecule has 1 rings (SSSR count).